The minimum absolute atomic E-state index is 0.309. The Hall–Kier alpha value is -2.64. The van der Waals surface area contributed by atoms with Crippen LogP contribution >= 0.6 is 11.3 Å². The van der Waals surface area contributed by atoms with Crippen molar-refractivity contribution < 1.29 is 8.42 Å². The fourth-order valence-corrected chi connectivity index (χ4v) is 5.06. The molecule has 0 aliphatic heterocycles. The lowest BCUT2D eigenvalue weighted by molar-refractivity contribution is 0.603. The molecule has 0 bridgehead atoms. The van der Waals surface area contributed by atoms with Crippen LogP contribution in [0, 0.1) is 13.8 Å². The van der Waals surface area contributed by atoms with Gasteiger partial charge in [-0.25, -0.2) is 13.4 Å². The van der Waals surface area contributed by atoms with Crippen molar-refractivity contribution in [3.05, 3.63) is 71.4 Å². The van der Waals surface area contributed by atoms with Crippen LogP contribution < -0.4 is 4.72 Å². The van der Waals surface area contributed by atoms with Crippen molar-refractivity contribution in [1.29, 1.82) is 0 Å². The topological polar surface area (TPSA) is 63.5 Å². The summed E-state index contributed by atoms with van der Waals surface area (Å²) in [6.07, 6.45) is 3.90. The van der Waals surface area contributed by atoms with Gasteiger partial charge in [-0.1, -0.05) is 12.1 Å². The van der Waals surface area contributed by atoms with Crippen LogP contribution in [0.2, 0.25) is 0 Å². The van der Waals surface area contributed by atoms with E-state index in [2.05, 4.69) is 9.71 Å². The van der Waals surface area contributed by atoms with Crippen molar-refractivity contribution in [3.63, 3.8) is 0 Å². The van der Waals surface area contributed by atoms with E-state index in [9.17, 15) is 8.42 Å². The molecule has 0 aliphatic rings. The first-order valence-electron chi connectivity index (χ1n) is 8.06. The number of hydrogen-bond acceptors (Lipinski definition) is 4. The molecular formula is C19H17N3O2S2. The number of pyridine rings is 1. The van der Waals surface area contributed by atoms with Gasteiger partial charge in [-0.15, -0.1) is 11.3 Å². The summed E-state index contributed by atoms with van der Waals surface area (Å²) in [5, 5.41) is 0. The minimum Gasteiger partial charge on any atom is -0.306 e. The summed E-state index contributed by atoms with van der Waals surface area (Å²) in [4.78, 5) is 5.59. The molecule has 26 heavy (non-hydrogen) atoms. The molecule has 0 amide bonds. The molecule has 0 spiro atoms. The van der Waals surface area contributed by atoms with E-state index >= 15 is 0 Å². The highest BCUT2D eigenvalue weighted by Gasteiger charge is 2.16. The third kappa shape index (κ3) is 3.23. The quantitative estimate of drug-likeness (QED) is 0.565. The highest BCUT2D eigenvalue weighted by atomic mass is 32.2. The zero-order valence-corrected chi connectivity index (χ0v) is 15.9. The van der Waals surface area contributed by atoms with Crippen LogP contribution in [0.5, 0.6) is 0 Å². The molecule has 0 saturated carbocycles. The first-order chi connectivity index (χ1) is 12.4. The summed E-state index contributed by atoms with van der Waals surface area (Å²) in [7, 11) is -3.58. The first-order valence-corrected chi connectivity index (χ1v) is 10.4. The first kappa shape index (κ1) is 16.8. The summed E-state index contributed by atoms with van der Waals surface area (Å²) < 4.78 is 30.0. The molecule has 132 valence electrons. The minimum atomic E-state index is -3.58. The van der Waals surface area contributed by atoms with Crippen molar-refractivity contribution in [2.45, 2.75) is 18.1 Å². The predicted octanol–water partition coefficient (Wildman–Crippen LogP) is 4.48. The summed E-state index contributed by atoms with van der Waals surface area (Å²) >= 11 is 1.25. The number of rotatable bonds is 4. The van der Waals surface area contributed by atoms with E-state index in [-0.39, 0.29) is 0 Å². The molecule has 4 rings (SSSR count). The van der Waals surface area contributed by atoms with Gasteiger partial charge in [0.25, 0.3) is 10.0 Å². The van der Waals surface area contributed by atoms with Crippen LogP contribution in [-0.2, 0) is 10.0 Å². The number of nitrogens with zero attached hydrogens (tertiary/aromatic N) is 2. The van der Waals surface area contributed by atoms with E-state index < -0.39 is 10.0 Å². The maximum Gasteiger partial charge on any atom is 0.271 e. The molecule has 1 aromatic carbocycles. The Morgan fingerprint density at radius 3 is 2.69 bits per heavy atom. The number of anilines is 1. The third-order valence-corrected chi connectivity index (χ3v) is 6.88. The maximum absolute atomic E-state index is 12.5. The van der Waals surface area contributed by atoms with Gasteiger partial charge in [-0.05, 0) is 55.8 Å². The van der Waals surface area contributed by atoms with Crippen molar-refractivity contribution in [1.82, 2.24) is 9.38 Å². The molecule has 0 atom stereocenters. The molecule has 3 heterocycles. The number of aryl methyl sites for hydroxylation is 2. The highest BCUT2D eigenvalue weighted by molar-refractivity contribution is 7.94. The largest absolute Gasteiger partial charge is 0.306 e. The van der Waals surface area contributed by atoms with Gasteiger partial charge in [0.2, 0.25) is 0 Å². The van der Waals surface area contributed by atoms with Crippen LogP contribution in [0.4, 0.5) is 5.69 Å². The lowest BCUT2D eigenvalue weighted by Gasteiger charge is -2.07. The molecule has 0 aliphatic carbocycles. The molecule has 0 fully saturated rings. The van der Waals surface area contributed by atoms with Crippen LogP contribution in [0.1, 0.15) is 10.4 Å². The predicted molar refractivity (Wildman–Crippen MR) is 105 cm³/mol. The highest BCUT2D eigenvalue weighted by Crippen LogP contribution is 2.26. The number of fused-ring (bicyclic) bond motifs is 1. The fraction of sp³-hybridized carbons (Fsp3) is 0.105. The number of thiophene rings is 1. The van der Waals surface area contributed by atoms with E-state index in [1.165, 1.54) is 11.3 Å². The van der Waals surface area contributed by atoms with Crippen molar-refractivity contribution >= 4 is 32.7 Å². The van der Waals surface area contributed by atoms with Gasteiger partial charge in [0.15, 0.2) is 0 Å². The maximum atomic E-state index is 12.5. The van der Waals surface area contributed by atoms with Crippen molar-refractivity contribution in [3.8, 4) is 11.3 Å². The lowest BCUT2D eigenvalue weighted by atomic mass is 10.1. The average molecular weight is 383 g/mol. The third-order valence-electron chi connectivity index (χ3n) is 4.01. The van der Waals surface area contributed by atoms with Crippen molar-refractivity contribution in [2.75, 3.05) is 4.72 Å². The Bertz CT molecular complexity index is 1210. The Balaban J connectivity index is 1.67. The number of sulfonamides is 1. The van der Waals surface area contributed by atoms with Crippen LogP contribution in [0.3, 0.4) is 0 Å². The molecule has 7 heteroatoms. The molecule has 1 N–H and O–H groups in total. The Morgan fingerprint density at radius 1 is 1.08 bits per heavy atom. The Labute approximate surface area is 156 Å². The zero-order chi connectivity index (χ0) is 18.3. The molecule has 5 nitrogen and oxygen atoms in total. The number of benzene rings is 1. The summed E-state index contributed by atoms with van der Waals surface area (Å²) in [5.41, 5.74) is 4.17. The molecule has 0 unspecified atom stereocenters. The van der Waals surface area contributed by atoms with Gasteiger partial charge in [-0.3, -0.25) is 4.72 Å². The van der Waals surface area contributed by atoms with Gasteiger partial charge in [0, 0.05) is 28.5 Å². The number of hydrogen-bond donors (Lipinski definition) is 1. The standard InChI is InChI=1S/C19H17N3O2S2/c1-13-8-9-22-12-17(20-18(22)10-13)15-4-3-5-16(11-15)21-26(23,24)19-7-6-14(2)25-19/h3-12,21H,1-2H3. The van der Waals surface area contributed by atoms with E-state index in [4.69, 9.17) is 0 Å². The van der Waals surface area contributed by atoms with Gasteiger partial charge in [0.05, 0.1) is 5.69 Å². The smallest absolute Gasteiger partial charge is 0.271 e. The van der Waals surface area contributed by atoms with E-state index in [0.717, 1.165) is 27.3 Å². The SMILES string of the molecule is Cc1ccn2cc(-c3cccc(NS(=O)(=O)c4ccc(C)s4)c3)nc2c1. The van der Waals surface area contributed by atoms with E-state index in [0.29, 0.717) is 9.90 Å². The van der Waals surface area contributed by atoms with Crippen LogP contribution in [0.25, 0.3) is 16.9 Å². The lowest BCUT2D eigenvalue weighted by Crippen LogP contribution is -2.11. The molecule has 0 saturated heterocycles. The molecular weight excluding hydrogens is 366 g/mol. The summed E-state index contributed by atoms with van der Waals surface area (Å²) in [5.74, 6) is 0. The fourth-order valence-electron chi connectivity index (χ4n) is 2.73. The monoisotopic (exact) mass is 383 g/mol. The van der Waals surface area contributed by atoms with E-state index in [1.807, 2.05) is 54.9 Å². The van der Waals surface area contributed by atoms with Gasteiger partial charge < -0.3 is 4.40 Å². The second-order valence-corrected chi connectivity index (χ2v) is 9.34. The van der Waals surface area contributed by atoms with Gasteiger partial charge in [0.1, 0.15) is 9.86 Å². The molecule has 4 aromatic rings. The molecule has 3 aromatic heterocycles. The van der Waals surface area contributed by atoms with Gasteiger partial charge >= 0.3 is 0 Å². The van der Waals surface area contributed by atoms with Crippen molar-refractivity contribution in [2.24, 2.45) is 0 Å². The Kier molecular flexibility index (Phi) is 4.05. The molecule has 0 radical (unpaired) electrons. The normalized spacial score (nSPS) is 11.8. The Morgan fingerprint density at radius 2 is 1.92 bits per heavy atom. The number of aromatic nitrogens is 2. The van der Waals surface area contributed by atoms with E-state index in [1.54, 1.807) is 24.3 Å². The second-order valence-electron chi connectivity index (χ2n) is 6.15. The zero-order valence-electron chi connectivity index (χ0n) is 14.3. The van der Waals surface area contributed by atoms with Crippen LogP contribution in [0.15, 0.2) is 65.1 Å². The summed E-state index contributed by atoms with van der Waals surface area (Å²) in [6.45, 7) is 3.91. The van der Waals surface area contributed by atoms with Gasteiger partial charge in [-0.2, -0.15) is 0 Å². The summed E-state index contributed by atoms with van der Waals surface area (Å²) in [6, 6.07) is 14.7. The number of nitrogens with one attached hydrogen (secondary N) is 1. The second kappa shape index (κ2) is 6.26. The average Bonchev–Trinajstić information content (AvgIpc) is 3.21. The van der Waals surface area contributed by atoms with Crippen LogP contribution in [-0.4, -0.2) is 17.8 Å². The number of imidazole rings is 1.